The molecule has 0 spiro atoms. The van der Waals surface area contributed by atoms with Crippen LogP contribution < -0.4 is 4.90 Å². The lowest BCUT2D eigenvalue weighted by molar-refractivity contribution is 0.0902. The number of rotatable bonds is 3. The van der Waals surface area contributed by atoms with Crippen molar-refractivity contribution in [2.75, 3.05) is 4.90 Å². The number of imide groups is 1. The van der Waals surface area contributed by atoms with Gasteiger partial charge < -0.3 is 0 Å². The molecule has 5 nitrogen and oxygen atoms in total. The van der Waals surface area contributed by atoms with Gasteiger partial charge in [-0.1, -0.05) is 12.1 Å². The lowest BCUT2D eigenvalue weighted by atomic mass is 10.2. The Hall–Kier alpha value is -2.82. The molecule has 3 aromatic heterocycles. The number of aromatic nitrogens is 1. The molecule has 0 fully saturated rings. The Morgan fingerprint density at radius 2 is 1.61 bits per heavy atom. The van der Waals surface area contributed by atoms with Gasteiger partial charge in [0.15, 0.2) is 0 Å². The highest BCUT2D eigenvalue weighted by Crippen LogP contribution is 2.23. The number of nitriles is 1. The molecule has 0 saturated heterocycles. The molecule has 3 aromatic rings. The van der Waals surface area contributed by atoms with Crippen molar-refractivity contribution < 1.29 is 9.59 Å². The van der Waals surface area contributed by atoms with Crippen molar-refractivity contribution in [3.8, 4) is 6.07 Å². The van der Waals surface area contributed by atoms with E-state index < -0.39 is 11.8 Å². The maximum absolute atomic E-state index is 12.7. The van der Waals surface area contributed by atoms with E-state index in [1.54, 1.807) is 41.1 Å². The molecule has 0 radical (unpaired) electrons. The van der Waals surface area contributed by atoms with E-state index in [9.17, 15) is 9.59 Å². The number of amides is 2. The first-order chi connectivity index (χ1) is 11.2. The van der Waals surface area contributed by atoms with E-state index in [0.29, 0.717) is 15.4 Å². The van der Waals surface area contributed by atoms with Crippen LogP contribution in [0.4, 0.5) is 5.69 Å². The topological polar surface area (TPSA) is 74.1 Å². The first-order valence-corrected chi connectivity index (χ1v) is 8.28. The van der Waals surface area contributed by atoms with Gasteiger partial charge in [0.2, 0.25) is 0 Å². The highest BCUT2D eigenvalue weighted by atomic mass is 32.1. The number of hydrogen-bond acceptors (Lipinski definition) is 6. The first kappa shape index (κ1) is 15.1. The molecule has 7 heteroatoms. The molecule has 3 rings (SSSR count). The molecule has 0 aliphatic carbocycles. The van der Waals surface area contributed by atoms with Crippen LogP contribution in [0.15, 0.2) is 53.4 Å². The van der Waals surface area contributed by atoms with Crippen LogP contribution in [-0.4, -0.2) is 16.8 Å². The van der Waals surface area contributed by atoms with E-state index in [0.717, 1.165) is 4.90 Å². The molecule has 0 bridgehead atoms. The zero-order valence-corrected chi connectivity index (χ0v) is 13.3. The van der Waals surface area contributed by atoms with Gasteiger partial charge in [-0.3, -0.25) is 9.59 Å². The van der Waals surface area contributed by atoms with E-state index in [4.69, 9.17) is 5.26 Å². The van der Waals surface area contributed by atoms with Crippen LogP contribution in [0, 0.1) is 11.3 Å². The maximum atomic E-state index is 12.7. The summed E-state index contributed by atoms with van der Waals surface area (Å²) in [6.07, 6.45) is 1.36. The van der Waals surface area contributed by atoms with Crippen LogP contribution in [0.5, 0.6) is 0 Å². The highest BCUT2D eigenvalue weighted by molar-refractivity contribution is 7.13. The molecule has 0 atom stereocenters. The largest absolute Gasteiger partial charge is 0.275 e. The quantitative estimate of drug-likeness (QED) is 0.684. The van der Waals surface area contributed by atoms with Crippen LogP contribution >= 0.6 is 22.7 Å². The first-order valence-electron chi connectivity index (χ1n) is 6.52. The smallest absolute Gasteiger partial charge is 0.267 e. The third-order valence-corrected chi connectivity index (χ3v) is 4.71. The summed E-state index contributed by atoms with van der Waals surface area (Å²) < 4.78 is 0. The molecule has 0 N–H and O–H groups in total. The molecule has 0 saturated carbocycles. The molecule has 3 heterocycles. The number of carbonyl (C=O) groups is 2. The Morgan fingerprint density at radius 1 is 1.00 bits per heavy atom. The lowest BCUT2D eigenvalue weighted by Crippen LogP contribution is -2.36. The fraction of sp³-hybridized carbons (Fsp3) is 0. The summed E-state index contributed by atoms with van der Waals surface area (Å²) in [7, 11) is 0. The summed E-state index contributed by atoms with van der Waals surface area (Å²) >= 11 is 2.53. The van der Waals surface area contributed by atoms with Gasteiger partial charge in [0, 0.05) is 0 Å². The van der Waals surface area contributed by atoms with Gasteiger partial charge in [-0.25, -0.2) is 9.88 Å². The molecule has 2 amide bonds. The zero-order valence-electron chi connectivity index (χ0n) is 11.7. The Bertz CT molecular complexity index is 817. The van der Waals surface area contributed by atoms with Gasteiger partial charge in [0.1, 0.15) is 11.8 Å². The Labute approximate surface area is 140 Å². The van der Waals surface area contributed by atoms with Crippen molar-refractivity contribution in [3.63, 3.8) is 0 Å². The Morgan fingerprint density at radius 3 is 2.00 bits per heavy atom. The number of pyridine rings is 1. The van der Waals surface area contributed by atoms with E-state index in [-0.39, 0.29) is 5.69 Å². The monoisotopic (exact) mass is 339 g/mol. The molecule has 0 aliphatic heterocycles. The highest BCUT2D eigenvalue weighted by Gasteiger charge is 2.27. The fourth-order valence-corrected chi connectivity index (χ4v) is 3.24. The maximum Gasteiger partial charge on any atom is 0.275 e. The van der Waals surface area contributed by atoms with Crippen molar-refractivity contribution >= 4 is 40.2 Å². The molecule has 0 aromatic carbocycles. The van der Waals surface area contributed by atoms with Gasteiger partial charge in [-0.05, 0) is 35.0 Å². The third kappa shape index (κ3) is 3.04. The van der Waals surface area contributed by atoms with E-state index in [1.165, 1.54) is 34.9 Å². The molecular formula is C16H9N3O2S2. The second kappa shape index (κ2) is 6.52. The SMILES string of the molecule is N#Cc1ccc(N(C(=O)c2cccs2)C(=O)c2cccs2)cn1. The standard InChI is InChI=1S/C16H9N3O2S2/c17-9-11-5-6-12(10-18-11)19(15(20)13-3-1-7-22-13)16(21)14-4-2-8-23-14/h1-8,10H. The normalized spacial score (nSPS) is 10.0. The molecule has 0 unspecified atom stereocenters. The summed E-state index contributed by atoms with van der Waals surface area (Å²) in [5.41, 5.74) is 0.557. The van der Waals surface area contributed by atoms with E-state index in [1.807, 2.05) is 6.07 Å². The summed E-state index contributed by atoms with van der Waals surface area (Å²) in [5.74, 6) is -0.824. The van der Waals surface area contributed by atoms with Gasteiger partial charge in [-0.2, -0.15) is 5.26 Å². The van der Waals surface area contributed by atoms with Crippen LogP contribution in [0.25, 0.3) is 0 Å². The average Bonchev–Trinajstić information content (AvgIpc) is 3.29. The van der Waals surface area contributed by atoms with Gasteiger partial charge in [0.05, 0.1) is 21.6 Å². The summed E-state index contributed by atoms with van der Waals surface area (Å²) in [5, 5.41) is 12.4. The third-order valence-electron chi connectivity index (χ3n) is 2.99. The van der Waals surface area contributed by atoms with Crippen LogP contribution in [-0.2, 0) is 0 Å². The Kier molecular flexibility index (Phi) is 4.28. The van der Waals surface area contributed by atoms with Crippen LogP contribution in [0.1, 0.15) is 25.0 Å². The Balaban J connectivity index is 2.04. The van der Waals surface area contributed by atoms with Crippen molar-refractivity contribution in [1.82, 2.24) is 4.98 Å². The van der Waals surface area contributed by atoms with E-state index in [2.05, 4.69) is 4.98 Å². The second-order valence-electron chi connectivity index (χ2n) is 4.41. The number of anilines is 1. The minimum atomic E-state index is -0.412. The number of hydrogen-bond donors (Lipinski definition) is 0. The second-order valence-corrected chi connectivity index (χ2v) is 6.31. The lowest BCUT2D eigenvalue weighted by Gasteiger charge is -2.19. The van der Waals surface area contributed by atoms with Crippen molar-refractivity contribution in [1.29, 1.82) is 5.26 Å². The number of carbonyl (C=O) groups excluding carboxylic acids is 2. The molecular weight excluding hydrogens is 330 g/mol. The fourth-order valence-electron chi connectivity index (χ4n) is 1.93. The minimum Gasteiger partial charge on any atom is -0.267 e. The summed E-state index contributed by atoms with van der Waals surface area (Å²) in [6, 6.07) is 11.8. The minimum absolute atomic E-state index is 0.223. The van der Waals surface area contributed by atoms with Gasteiger partial charge >= 0.3 is 0 Å². The van der Waals surface area contributed by atoms with Gasteiger partial charge in [-0.15, -0.1) is 22.7 Å². The van der Waals surface area contributed by atoms with E-state index >= 15 is 0 Å². The predicted molar refractivity (Wildman–Crippen MR) is 88.7 cm³/mol. The molecule has 0 aliphatic rings. The molecule has 23 heavy (non-hydrogen) atoms. The van der Waals surface area contributed by atoms with Crippen molar-refractivity contribution in [2.45, 2.75) is 0 Å². The van der Waals surface area contributed by atoms with Crippen LogP contribution in [0.3, 0.4) is 0 Å². The summed E-state index contributed by atoms with van der Waals surface area (Å²) in [4.78, 5) is 31.4. The van der Waals surface area contributed by atoms with Crippen LogP contribution in [0.2, 0.25) is 0 Å². The summed E-state index contributed by atoms with van der Waals surface area (Å²) in [6.45, 7) is 0. The number of thiophene rings is 2. The van der Waals surface area contributed by atoms with Gasteiger partial charge in [0.25, 0.3) is 11.8 Å². The van der Waals surface area contributed by atoms with Crippen molar-refractivity contribution in [2.24, 2.45) is 0 Å². The number of nitrogens with zero attached hydrogens (tertiary/aromatic N) is 3. The zero-order chi connectivity index (χ0) is 16.2. The average molecular weight is 339 g/mol. The predicted octanol–water partition coefficient (Wildman–Crippen LogP) is 3.56. The molecule has 112 valence electrons. The van der Waals surface area contributed by atoms with Crippen molar-refractivity contribution in [3.05, 3.63) is 68.8 Å².